The molecule has 0 bridgehead atoms. The molecule has 2 aliphatic heterocycles. The van der Waals surface area contributed by atoms with Gasteiger partial charge in [-0.3, -0.25) is 4.79 Å². The summed E-state index contributed by atoms with van der Waals surface area (Å²) in [5.41, 5.74) is 1.89. The smallest absolute Gasteiger partial charge is 0.276 e. The first-order valence-electron chi connectivity index (χ1n) is 9.55. The molecule has 0 spiro atoms. The van der Waals surface area contributed by atoms with Crippen LogP contribution in [0.25, 0.3) is 0 Å². The van der Waals surface area contributed by atoms with Crippen molar-refractivity contribution >= 4 is 40.5 Å². The van der Waals surface area contributed by atoms with Crippen molar-refractivity contribution in [2.45, 2.75) is 43.9 Å². The molecule has 6 atom stereocenters. The number of ether oxygens (including phenoxy) is 2. The number of hydrogen-bond acceptors (Lipinski definition) is 7. The predicted octanol–water partition coefficient (Wildman–Crippen LogP) is 1.95. The van der Waals surface area contributed by atoms with Crippen LogP contribution in [0.2, 0.25) is 10.0 Å². The third-order valence-corrected chi connectivity index (χ3v) is 5.73. The second-order valence-corrected chi connectivity index (χ2v) is 8.15. The summed E-state index contributed by atoms with van der Waals surface area (Å²) in [7, 11) is 0. The third kappa shape index (κ3) is 4.33. The van der Waals surface area contributed by atoms with Crippen LogP contribution in [0.5, 0.6) is 0 Å². The largest absolute Gasteiger partial charge is 0.388 e. The van der Waals surface area contributed by atoms with Crippen LogP contribution in [0.4, 0.5) is 5.69 Å². The molecule has 1 saturated heterocycles. The lowest BCUT2D eigenvalue weighted by atomic mass is 10.00. The second kappa shape index (κ2) is 8.84. The molecule has 0 radical (unpaired) electrons. The van der Waals surface area contributed by atoms with Gasteiger partial charge < -0.3 is 30.1 Å². The number of aliphatic imine (C=N–C) groups is 1. The summed E-state index contributed by atoms with van der Waals surface area (Å²) in [5, 5.41) is 33.8. The minimum Gasteiger partial charge on any atom is -0.388 e. The van der Waals surface area contributed by atoms with Crippen molar-refractivity contribution in [1.29, 1.82) is 0 Å². The Hall–Kier alpha value is -2.04. The van der Waals surface area contributed by atoms with E-state index in [1.165, 1.54) is 6.92 Å². The Morgan fingerprint density at radius 2 is 1.77 bits per heavy atom. The quantitative estimate of drug-likeness (QED) is 0.548. The number of carbonyl (C=O) groups excluding carboxylic acids is 1. The number of carbonyl (C=O) groups is 1. The number of fused-ring (bicyclic) bond motifs is 1. The van der Waals surface area contributed by atoms with E-state index in [0.29, 0.717) is 32.6 Å². The molecule has 0 aromatic heterocycles. The Balaban J connectivity index is 1.75. The zero-order valence-corrected chi connectivity index (χ0v) is 17.8. The first-order valence-corrected chi connectivity index (χ1v) is 10.3. The van der Waals surface area contributed by atoms with E-state index in [9.17, 15) is 20.1 Å². The Bertz CT molecular complexity index is 1030. The van der Waals surface area contributed by atoms with E-state index in [1.807, 2.05) is 0 Å². The van der Waals surface area contributed by atoms with Gasteiger partial charge in [0, 0.05) is 21.2 Å². The van der Waals surface area contributed by atoms with E-state index in [4.69, 9.17) is 32.7 Å². The number of amides is 1. The number of nitrogens with one attached hydrogen (secondary N) is 1. The van der Waals surface area contributed by atoms with Crippen molar-refractivity contribution in [3.63, 3.8) is 0 Å². The number of aliphatic hydroxyl groups is 3. The molecule has 4 rings (SSSR count). The van der Waals surface area contributed by atoms with Gasteiger partial charge in [0.25, 0.3) is 5.91 Å². The molecule has 2 aliphatic rings. The molecule has 1 amide bonds. The third-order valence-electron chi connectivity index (χ3n) is 5.17. The first kappa shape index (κ1) is 22.2. The van der Waals surface area contributed by atoms with Crippen LogP contribution in [0.15, 0.2) is 47.5 Å². The summed E-state index contributed by atoms with van der Waals surface area (Å²) in [6, 6.07) is 11.9. The molecule has 1 fully saturated rings. The fraction of sp³-hybridized carbons (Fsp3) is 0.333. The van der Waals surface area contributed by atoms with Crippen LogP contribution in [-0.2, 0) is 14.3 Å². The number of benzodiazepines with no additional fused rings is 1. The maximum Gasteiger partial charge on any atom is 0.276 e. The highest BCUT2D eigenvalue weighted by molar-refractivity contribution is 6.36. The Labute approximate surface area is 188 Å². The molecule has 2 unspecified atom stereocenters. The summed E-state index contributed by atoms with van der Waals surface area (Å²) >= 11 is 12.6. The summed E-state index contributed by atoms with van der Waals surface area (Å²) in [6.07, 6.45) is -8.06. The first-order chi connectivity index (χ1) is 14.8. The molecule has 2 heterocycles. The van der Waals surface area contributed by atoms with E-state index in [0.717, 1.165) is 0 Å². The van der Waals surface area contributed by atoms with Crippen molar-refractivity contribution in [1.82, 2.24) is 0 Å². The van der Waals surface area contributed by atoms with Crippen molar-refractivity contribution in [3.05, 3.63) is 63.6 Å². The molecule has 2 aromatic carbocycles. The van der Waals surface area contributed by atoms with E-state index >= 15 is 0 Å². The highest BCUT2D eigenvalue weighted by Crippen LogP contribution is 2.31. The van der Waals surface area contributed by atoms with Gasteiger partial charge in [0.15, 0.2) is 6.29 Å². The summed E-state index contributed by atoms with van der Waals surface area (Å²) < 4.78 is 11.1. The molecule has 0 aliphatic carbocycles. The average Bonchev–Trinajstić information content (AvgIpc) is 2.87. The molecule has 31 heavy (non-hydrogen) atoms. The van der Waals surface area contributed by atoms with E-state index < -0.39 is 42.8 Å². The predicted molar refractivity (Wildman–Crippen MR) is 114 cm³/mol. The summed E-state index contributed by atoms with van der Waals surface area (Å²) in [6.45, 7) is 1.51. The minimum atomic E-state index is -1.59. The van der Waals surface area contributed by atoms with E-state index in [1.54, 1.807) is 42.5 Å². The zero-order chi connectivity index (χ0) is 22.3. The van der Waals surface area contributed by atoms with Gasteiger partial charge >= 0.3 is 0 Å². The van der Waals surface area contributed by atoms with Crippen molar-refractivity contribution in [2.24, 2.45) is 4.99 Å². The van der Waals surface area contributed by atoms with Gasteiger partial charge in [0.05, 0.1) is 17.5 Å². The lowest BCUT2D eigenvalue weighted by Gasteiger charge is -2.39. The van der Waals surface area contributed by atoms with Crippen LogP contribution < -0.4 is 5.32 Å². The van der Waals surface area contributed by atoms with Crippen LogP contribution >= 0.6 is 23.2 Å². The molecule has 2 aromatic rings. The van der Waals surface area contributed by atoms with Gasteiger partial charge in [-0.1, -0.05) is 41.4 Å². The van der Waals surface area contributed by atoms with Gasteiger partial charge in [0.2, 0.25) is 6.23 Å². The van der Waals surface area contributed by atoms with E-state index in [-0.39, 0.29) is 0 Å². The van der Waals surface area contributed by atoms with Crippen molar-refractivity contribution < 1.29 is 29.6 Å². The molecule has 164 valence electrons. The van der Waals surface area contributed by atoms with Gasteiger partial charge in [0.1, 0.15) is 18.3 Å². The summed E-state index contributed by atoms with van der Waals surface area (Å²) in [5.74, 6) is -0.616. The number of hydrogen-bond donors (Lipinski definition) is 4. The number of aliphatic hydroxyl groups excluding tert-OH is 3. The second-order valence-electron chi connectivity index (χ2n) is 7.31. The Morgan fingerprint density at radius 1 is 1.03 bits per heavy atom. The van der Waals surface area contributed by atoms with Gasteiger partial charge in [-0.05, 0) is 31.2 Å². The zero-order valence-electron chi connectivity index (χ0n) is 16.3. The van der Waals surface area contributed by atoms with Crippen molar-refractivity contribution in [3.8, 4) is 0 Å². The molecule has 10 heteroatoms. The minimum absolute atomic E-state index is 0.352. The van der Waals surface area contributed by atoms with Gasteiger partial charge in [-0.15, -0.1) is 0 Å². The van der Waals surface area contributed by atoms with Crippen LogP contribution in [0, 0.1) is 0 Å². The molecule has 8 nitrogen and oxygen atoms in total. The summed E-state index contributed by atoms with van der Waals surface area (Å²) in [4.78, 5) is 17.3. The lowest BCUT2D eigenvalue weighted by Crippen LogP contribution is -2.58. The maximum absolute atomic E-state index is 12.9. The molecule has 0 saturated carbocycles. The highest BCUT2D eigenvalue weighted by atomic mass is 35.5. The Morgan fingerprint density at radius 3 is 2.52 bits per heavy atom. The number of benzene rings is 2. The monoisotopic (exact) mass is 466 g/mol. The Kier molecular flexibility index (Phi) is 6.32. The van der Waals surface area contributed by atoms with Gasteiger partial charge in [-0.2, -0.15) is 0 Å². The van der Waals surface area contributed by atoms with Crippen LogP contribution in [-0.4, -0.2) is 63.9 Å². The van der Waals surface area contributed by atoms with Gasteiger partial charge in [-0.25, -0.2) is 4.99 Å². The van der Waals surface area contributed by atoms with Crippen LogP contribution in [0.3, 0.4) is 0 Å². The maximum atomic E-state index is 12.9. The topological polar surface area (TPSA) is 121 Å². The molecular weight excluding hydrogens is 447 g/mol. The highest BCUT2D eigenvalue weighted by Gasteiger charge is 2.44. The average molecular weight is 467 g/mol. The number of halogens is 2. The molecule has 4 N–H and O–H groups in total. The number of rotatable bonds is 3. The fourth-order valence-electron chi connectivity index (χ4n) is 3.47. The fourth-order valence-corrected chi connectivity index (χ4v) is 3.87. The number of anilines is 1. The normalized spacial score (nSPS) is 30.8. The number of nitrogens with zero attached hydrogens (tertiary/aromatic N) is 1. The standard InChI is InChI=1S/C21H20Cl2N2O6/c1-9-16(26)17(27)18(28)21(30-9)31-20-19(29)24-14-7-6-10(22)8-12(14)15(25-20)11-4-2-3-5-13(11)23/h2-9,16-18,20-21,26-28H,1H3,(H,24,29)/t9-,16-,17+,18-,20?,21?/m1/s1. The SMILES string of the molecule is C[C@H]1OC(OC2N=C(c3ccccc3Cl)c3cc(Cl)ccc3NC2=O)[C@H](O)[C@@H](O)[C@@H]1O. The van der Waals surface area contributed by atoms with Crippen LogP contribution in [0.1, 0.15) is 18.1 Å². The van der Waals surface area contributed by atoms with Crippen molar-refractivity contribution in [2.75, 3.05) is 5.32 Å². The van der Waals surface area contributed by atoms with E-state index in [2.05, 4.69) is 10.3 Å². The lowest BCUT2D eigenvalue weighted by molar-refractivity contribution is -0.300. The molecular formula is C21H20Cl2N2O6.